The van der Waals surface area contributed by atoms with Crippen LogP contribution in [0.5, 0.6) is 0 Å². The Bertz CT molecular complexity index is 354. The van der Waals surface area contributed by atoms with Gasteiger partial charge in [0, 0.05) is 13.0 Å². The average Bonchev–Trinajstić information content (AvgIpc) is 2.90. The maximum atomic E-state index is 4.39. The lowest BCUT2D eigenvalue weighted by atomic mass is 10.0. The largest absolute Gasteiger partial charge is 0.314 e. The van der Waals surface area contributed by atoms with Crippen LogP contribution >= 0.6 is 15.9 Å². The van der Waals surface area contributed by atoms with Crippen molar-refractivity contribution >= 4 is 15.9 Å². The Hall–Kier alpha value is -0.380. The molecule has 0 atom stereocenters. The van der Waals surface area contributed by atoms with Crippen LogP contribution < -0.4 is 0 Å². The summed E-state index contributed by atoms with van der Waals surface area (Å²) < 4.78 is 2.32. The van der Waals surface area contributed by atoms with Crippen molar-refractivity contribution in [1.29, 1.82) is 0 Å². The summed E-state index contributed by atoms with van der Waals surface area (Å²) in [5.74, 6) is 3.76. The highest BCUT2D eigenvalue weighted by Gasteiger charge is 2.20. The minimum absolute atomic E-state index is 0.645. The minimum Gasteiger partial charge on any atom is -0.314 e. The first-order valence-corrected chi connectivity index (χ1v) is 7.79. The normalized spacial score (nSPS) is 17.2. The van der Waals surface area contributed by atoms with E-state index in [0.717, 1.165) is 30.0 Å². The first-order chi connectivity index (χ1) is 8.20. The quantitative estimate of drug-likeness (QED) is 0.778. The molecule has 0 bridgehead atoms. The van der Waals surface area contributed by atoms with Crippen LogP contribution in [0.1, 0.15) is 51.2 Å². The number of rotatable bonds is 5. The molecule has 0 unspecified atom stereocenters. The topological polar surface area (TPSA) is 30.7 Å². The number of halogens is 1. The molecule has 4 heteroatoms. The van der Waals surface area contributed by atoms with Gasteiger partial charge in [0.15, 0.2) is 0 Å². The SMILES string of the molecule is CC(C)Cn1c(CBr)nnc1CC1CCCC1. The van der Waals surface area contributed by atoms with Crippen molar-refractivity contribution in [3.63, 3.8) is 0 Å². The molecule has 1 heterocycles. The van der Waals surface area contributed by atoms with E-state index in [1.54, 1.807) is 0 Å². The second kappa shape index (κ2) is 5.98. The molecule has 0 aliphatic heterocycles. The van der Waals surface area contributed by atoms with Crippen LogP contribution in [0, 0.1) is 11.8 Å². The van der Waals surface area contributed by atoms with Gasteiger partial charge >= 0.3 is 0 Å². The van der Waals surface area contributed by atoms with Crippen LogP contribution in [0.25, 0.3) is 0 Å². The van der Waals surface area contributed by atoms with Gasteiger partial charge in [0.1, 0.15) is 11.6 Å². The highest BCUT2D eigenvalue weighted by molar-refractivity contribution is 9.08. The first kappa shape index (κ1) is 13.1. The van der Waals surface area contributed by atoms with Gasteiger partial charge in [0.25, 0.3) is 0 Å². The molecule has 0 spiro atoms. The number of aromatic nitrogens is 3. The van der Waals surface area contributed by atoms with Gasteiger partial charge in [0.05, 0.1) is 5.33 Å². The van der Waals surface area contributed by atoms with Gasteiger partial charge in [-0.25, -0.2) is 0 Å². The summed E-state index contributed by atoms with van der Waals surface area (Å²) in [7, 11) is 0. The molecule has 0 aromatic carbocycles. The molecule has 1 aromatic rings. The molecule has 96 valence electrons. The summed E-state index contributed by atoms with van der Waals surface area (Å²) in [6, 6.07) is 0. The lowest BCUT2D eigenvalue weighted by Crippen LogP contribution is -2.13. The molecule has 17 heavy (non-hydrogen) atoms. The number of hydrogen-bond acceptors (Lipinski definition) is 2. The highest BCUT2D eigenvalue weighted by atomic mass is 79.9. The predicted molar refractivity (Wildman–Crippen MR) is 73.2 cm³/mol. The zero-order chi connectivity index (χ0) is 12.3. The Labute approximate surface area is 112 Å². The summed E-state index contributed by atoms with van der Waals surface area (Å²) in [6.45, 7) is 5.53. The maximum Gasteiger partial charge on any atom is 0.143 e. The van der Waals surface area contributed by atoms with Crippen molar-refractivity contribution in [3.8, 4) is 0 Å². The fourth-order valence-corrected chi connectivity index (χ4v) is 3.09. The Morgan fingerprint density at radius 3 is 2.47 bits per heavy atom. The molecule has 0 N–H and O–H groups in total. The molecule has 1 aromatic heterocycles. The highest BCUT2D eigenvalue weighted by Crippen LogP contribution is 2.28. The Morgan fingerprint density at radius 2 is 1.88 bits per heavy atom. The Kier molecular flexibility index (Phi) is 4.60. The molecule has 1 aliphatic carbocycles. The molecule has 0 radical (unpaired) electrons. The minimum atomic E-state index is 0.645. The van der Waals surface area contributed by atoms with Gasteiger partial charge in [-0.1, -0.05) is 55.5 Å². The van der Waals surface area contributed by atoms with E-state index in [1.807, 2.05) is 0 Å². The van der Waals surface area contributed by atoms with Crippen molar-refractivity contribution in [3.05, 3.63) is 11.6 Å². The summed E-state index contributed by atoms with van der Waals surface area (Å²) in [6.07, 6.45) is 6.66. The van der Waals surface area contributed by atoms with E-state index in [9.17, 15) is 0 Å². The molecule has 1 aliphatic rings. The third-order valence-corrected chi connectivity index (χ3v) is 4.02. The van der Waals surface area contributed by atoms with E-state index in [2.05, 4.69) is 44.5 Å². The summed E-state index contributed by atoms with van der Waals surface area (Å²) >= 11 is 3.50. The van der Waals surface area contributed by atoms with Crippen molar-refractivity contribution in [1.82, 2.24) is 14.8 Å². The maximum absolute atomic E-state index is 4.39. The Balaban J connectivity index is 2.11. The van der Waals surface area contributed by atoms with Crippen LogP contribution in [-0.4, -0.2) is 14.8 Å². The molecule has 0 saturated heterocycles. The monoisotopic (exact) mass is 299 g/mol. The van der Waals surface area contributed by atoms with Crippen LogP contribution in [0.4, 0.5) is 0 Å². The Morgan fingerprint density at radius 1 is 1.24 bits per heavy atom. The average molecular weight is 300 g/mol. The van der Waals surface area contributed by atoms with Crippen LogP contribution in [-0.2, 0) is 18.3 Å². The third-order valence-electron chi connectivity index (χ3n) is 3.52. The summed E-state index contributed by atoms with van der Waals surface area (Å²) in [5.41, 5.74) is 0. The van der Waals surface area contributed by atoms with Gasteiger partial charge in [-0.15, -0.1) is 10.2 Å². The first-order valence-electron chi connectivity index (χ1n) is 6.67. The van der Waals surface area contributed by atoms with E-state index in [4.69, 9.17) is 0 Å². The lowest BCUT2D eigenvalue weighted by molar-refractivity contribution is 0.465. The second-order valence-electron chi connectivity index (χ2n) is 5.53. The fraction of sp³-hybridized carbons (Fsp3) is 0.846. The summed E-state index contributed by atoms with van der Waals surface area (Å²) in [5, 5.41) is 9.49. The molecule has 3 nitrogen and oxygen atoms in total. The van der Waals surface area contributed by atoms with Crippen molar-refractivity contribution in [2.75, 3.05) is 0 Å². The van der Waals surface area contributed by atoms with Crippen molar-refractivity contribution < 1.29 is 0 Å². The van der Waals surface area contributed by atoms with Crippen LogP contribution in [0.15, 0.2) is 0 Å². The van der Waals surface area contributed by atoms with E-state index >= 15 is 0 Å². The number of hydrogen-bond donors (Lipinski definition) is 0. The molecular formula is C13H22BrN3. The van der Waals surface area contributed by atoms with Gasteiger partial charge in [0.2, 0.25) is 0 Å². The smallest absolute Gasteiger partial charge is 0.143 e. The molecule has 2 rings (SSSR count). The van der Waals surface area contributed by atoms with Gasteiger partial charge in [-0.2, -0.15) is 0 Å². The number of nitrogens with zero attached hydrogens (tertiary/aromatic N) is 3. The van der Waals surface area contributed by atoms with E-state index in [1.165, 1.54) is 31.5 Å². The molecule has 1 saturated carbocycles. The van der Waals surface area contributed by atoms with Gasteiger partial charge in [-0.3, -0.25) is 0 Å². The van der Waals surface area contributed by atoms with Crippen molar-refractivity contribution in [2.24, 2.45) is 11.8 Å². The summed E-state index contributed by atoms with van der Waals surface area (Å²) in [4.78, 5) is 0. The zero-order valence-corrected chi connectivity index (χ0v) is 12.4. The van der Waals surface area contributed by atoms with Crippen LogP contribution in [0.2, 0.25) is 0 Å². The zero-order valence-electron chi connectivity index (χ0n) is 10.8. The van der Waals surface area contributed by atoms with Crippen LogP contribution in [0.3, 0.4) is 0 Å². The van der Waals surface area contributed by atoms with E-state index in [-0.39, 0.29) is 0 Å². The van der Waals surface area contributed by atoms with Gasteiger partial charge in [-0.05, 0) is 11.8 Å². The standard InChI is InChI=1S/C13H22BrN3/c1-10(2)9-17-12(15-16-13(17)8-14)7-11-5-3-4-6-11/h10-11H,3-9H2,1-2H3. The molecular weight excluding hydrogens is 278 g/mol. The van der Waals surface area contributed by atoms with Crippen molar-refractivity contribution in [2.45, 2.75) is 57.8 Å². The van der Waals surface area contributed by atoms with Gasteiger partial charge < -0.3 is 4.57 Å². The fourth-order valence-electron chi connectivity index (χ4n) is 2.67. The van der Waals surface area contributed by atoms with E-state index in [0.29, 0.717) is 5.92 Å². The predicted octanol–water partition coefficient (Wildman–Crippen LogP) is 3.56. The third kappa shape index (κ3) is 3.30. The lowest BCUT2D eigenvalue weighted by Gasteiger charge is -2.14. The second-order valence-corrected chi connectivity index (χ2v) is 6.09. The molecule has 0 amide bonds. The van der Waals surface area contributed by atoms with E-state index < -0.39 is 0 Å². The number of alkyl halides is 1. The molecule has 1 fully saturated rings.